The number of hydrogen-bond donors (Lipinski definition) is 0. The Morgan fingerprint density at radius 1 is 0.938 bits per heavy atom. The van der Waals surface area contributed by atoms with Crippen LogP contribution in [0.5, 0.6) is 0 Å². The van der Waals surface area contributed by atoms with Crippen molar-refractivity contribution in [2.45, 2.75) is 13.5 Å². The quantitative estimate of drug-likeness (QED) is 0.601. The molecule has 1 aromatic heterocycles. The Bertz CT molecular complexity index is 1110. The molecule has 0 bridgehead atoms. The van der Waals surface area contributed by atoms with Gasteiger partial charge in [0.25, 0.3) is 0 Å². The summed E-state index contributed by atoms with van der Waals surface area (Å²) in [5.74, 6) is -0.185. The average molecular weight is 430 g/mol. The number of piperazine rings is 1. The number of anilines is 1. The fourth-order valence-electron chi connectivity index (χ4n) is 4.62. The lowest BCUT2D eigenvalue weighted by Gasteiger charge is -2.36. The standard InChI is InChI=1S/C26H28FN5/c1-21-19-23(20-29-15-17-30(18-16-29)25-9-7-24(27)8-10-25)26(22-5-3-2-4-6-22)32(21)31-13-11-28-12-14-31/h2-13,19H,14-18,20H2,1H3. The number of aliphatic imine (C=N–C) groups is 1. The smallest absolute Gasteiger partial charge is 0.123 e. The Kier molecular flexibility index (Phi) is 5.77. The van der Waals surface area contributed by atoms with Crippen LogP contribution in [0, 0.1) is 12.7 Å². The van der Waals surface area contributed by atoms with E-state index in [2.05, 4.69) is 67.8 Å². The van der Waals surface area contributed by atoms with Crippen LogP contribution in [0.2, 0.25) is 0 Å². The van der Waals surface area contributed by atoms with Gasteiger partial charge in [-0.3, -0.25) is 19.6 Å². The molecule has 5 nitrogen and oxygen atoms in total. The molecular weight excluding hydrogens is 401 g/mol. The Hall–Kier alpha value is -3.38. The van der Waals surface area contributed by atoms with Gasteiger partial charge in [-0.2, -0.15) is 0 Å². The maximum absolute atomic E-state index is 13.3. The number of benzene rings is 2. The second-order valence-corrected chi connectivity index (χ2v) is 8.33. The van der Waals surface area contributed by atoms with Gasteiger partial charge in [-0.15, -0.1) is 0 Å². The van der Waals surface area contributed by atoms with Crippen molar-refractivity contribution in [3.63, 3.8) is 0 Å². The molecule has 2 aromatic carbocycles. The van der Waals surface area contributed by atoms with E-state index in [1.807, 2.05) is 30.7 Å². The van der Waals surface area contributed by atoms with Gasteiger partial charge in [0, 0.05) is 68.3 Å². The number of rotatable bonds is 5. The molecule has 164 valence electrons. The molecule has 32 heavy (non-hydrogen) atoms. The monoisotopic (exact) mass is 429 g/mol. The number of halogens is 1. The predicted molar refractivity (Wildman–Crippen MR) is 129 cm³/mol. The Labute approximate surface area is 188 Å². The minimum Gasteiger partial charge on any atom is -0.369 e. The molecule has 6 heteroatoms. The van der Waals surface area contributed by atoms with Crippen molar-refractivity contribution in [2.75, 3.05) is 42.6 Å². The molecule has 2 aliphatic rings. The largest absolute Gasteiger partial charge is 0.369 e. The molecule has 0 unspecified atom stereocenters. The second kappa shape index (κ2) is 9.01. The fourth-order valence-corrected chi connectivity index (χ4v) is 4.62. The summed E-state index contributed by atoms with van der Waals surface area (Å²) >= 11 is 0. The van der Waals surface area contributed by atoms with Gasteiger partial charge in [0.05, 0.1) is 12.2 Å². The summed E-state index contributed by atoms with van der Waals surface area (Å²) in [7, 11) is 0. The molecule has 0 amide bonds. The number of hydrogen-bond acceptors (Lipinski definition) is 4. The van der Waals surface area contributed by atoms with Crippen molar-refractivity contribution in [1.29, 1.82) is 0 Å². The van der Waals surface area contributed by atoms with Crippen LogP contribution in [0.15, 0.2) is 78.1 Å². The molecule has 0 atom stereocenters. The van der Waals surface area contributed by atoms with Crippen molar-refractivity contribution < 1.29 is 4.39 Å². The van der Waals surface area contributed by atoms with Crippen LogP contribution in [0.25, 0.3) is 11.3 Å². The highest BCUT2D eigenvalue weighted by atomic mass is 19.1. The highest BCUT2D eigenvalue weighted by Gasteiger charge is 2.23. The van der Waals surface area contributed by atoms with Crippen LogP contribution in [-0.4, -0.2) is 48.5 Å². The first-order chi connectivity index (χ1) is 15.7. The summed E-state index contributed by atoms with van der Waals surface area (Å²) in [5.41, 5.74) is 6.10. The summed E-state index contributed by atoms with van der Waals surface area (Å²) < 4.78 is 15.6. The minimum absolute atomic E-state index is 0.185. The van der Waals surface area contributed by atoms with Crippen molar-refractivity contribution in [1.82, 2.24) is 9.58 Å². The van der Waals surface area contributed by atoms with E-state index < -0.39 is 0 Å². The Morgan fingerprint density at radius 2 is 1.69 bits per heavy atom. The van der Waals surface area contributed by atoms with E-state index in [0.717, 1.165) is 45.0 Å². The third kappa shape index (κ3) is 4.18. The number of aromatic nitrogens is 1. The third-order valence-electron chi connectivity index (χ3n) is 6.19. The summed E-state index contributed by atoms with van der Waals surface area (Å²) in [6, 6.07) is 19.8. The van der Waals surface area contributed by atoms with E-state index in [-0.39, 0.29) is 5.82 Å². The van der Waals surface area contributed by atoms with Crippen LogP contribution in [-0.2, 0) is 6.54 Å². The van der Waals surface area contributed by atoms with E-state index in [9.17, 15) is 4.39 Å². The lowest BCUT2D eigenvalue weighted by molar-refractivity contribution is 0.250. The Balaban J connectivity index is 1.37. The second-order valence-electron chi connectivity index (χ2n) is 8.33. The molecule has 3 heterocycles. The summed E-state index contributed by atoms with van der Waals surface area (Å²) in [5, 5.41) is 2.21. The highest BCUT2D eigenvalue weighted by Crippen LogP contribution is 2.30. The predicted octanol–water partition coefficient (Wildman–Crippen LogP) is 4.42. The van der Waals surface area contributed by atoms with E-state index in [0.29, 0.717) is 0 Å². The van der Waals surface area contributed by atoms with E-state index in [1.165, 1.54) is 22.5 Å². The third-order valence-corrected chi connectivity index (χ3v) is 6.19. The van der Waals surface area contributed by atoms with Gasteiger partial charge in [0.2, 0.25) is 0 Å². The molecule has 5 rings (SSSR count). The van der Waals surface area contributed by atoms with Gasteiger partial charge < -0.3 is 4.90 Å². The zero-order valence-corrected chi connectivity index (χ0v) is 18.4. The number of nitrogens with zero attached hydrogens (tertiary/aromatic N) is 5. The zero-order chi connectivity index (χ0) is 21.9. The van der Waals surface area contributed by atoms with Crippen LogP contribution in [0.1, 0.15) is 11.3 Å². The summed E-state index contributed by atoms with van der Waals surface area (Å²) in [4.78, 5) is 9.08. The van der Waals surface area contributed by atoms with Gasteiger partial charge in [-0.1, -0.05) is 30.3 Å². The molecule has 1 fully saturated rings. The maximum atomic E-state index is 13.3. The molecule has 2 aliphatic heterocycles. The number of aryl methyl sites for hydroxylation is 1. The molecule has 1 saturated heterocycles. The van der Waals surface area contributed by atoms with Crippen molar-refractivity contribution in [2.24, 2.45) is 4.99 Å². The average Bonchev–Trinajstić information content (AvgIpc) is 3.16. The molecule has 3 aromatic rings. The van der Waals surface area contributed by atoms with E-state index in [4.69, 9.17) is 0 Å². The summed E-state index contributed by atoms with van der Waals surface area (Å²) in [6.07, 6.45) is 5.80. The van der Waals surface area contributed by atoms with Gasteiger partial charge in [-0.25, -0.2) is 4.39 Å². The first-order valence-corrected chi connectivity index (χ1v) is 11.1. The van der Waals surface area contributed by atoms with Crippen molar-refractivity contribution in [3.8, 4) is 11.3 Å². The fraction of sp³-hybridized carbons (Fsp3) is 0.269. The molecule has 0 saturated carbocycles. The molecule has 0 radical (unpaired) electrons. The highest BCUT2D eigenvalue weighted by molar-refractivity contribution is 5.69. The van der Waals surface area contributed by atoms with Gasteiger partial charge in [0.15, 0.2) is 0 Å². The Morgan fingerprint density at radius 3 is 2.38 bits per heavy atom. The van der Waals surface area contributed by atoms with Gasteiger partial charge >= 0.3 is 0 Å². The van der Waals surface area contributed by atoms with Gasteiger partial charge in [0.1, 0.15) is 5.82 Å². The molecule has 0 N–H and O–H groups in total. The van der Waals surface area contributed by atoms with Crippen LogP contribution in [0.4, 0.5) is 10.1 Å². The first-order valence-electron chi connectivity index (χ1n) is 11.1. The van der Waals surface area contributed by atoms with Crippen LogP contribution >= 0.6 is 0 Å². The summed E-state index contributed by atoms with van der Waals surface area (Å²) in [6.45, 7) is 7.66. The zero-order valence-electron chi connectivity index (χ0n) is 18.4. The van der Waals surface area contributed by atoms with E-state index >= 15 is 0 Å². The maximum Gasteiger partial charge on any atom is 0.123 e. The van der Waals surface area contributed by atoms with Crippen molar-refractivity contribution >= 4 is 11.9 Å². The van der Waals surface area contributed by atoms with Crippen LogP contribution in [0.3, 0.4) is 0 Å². The van der Waals surface area contributed by atoms with Crippen LogP contribution < -0.4 is 9.91 Å². The lowest BCUT2D eigenvalue weighted by atomic mass is 10.1. The minimum atomic E-state index is -0.185. The topological polar surface area (TPSA) is 27.0 Å². The molecular formula is C26H28FN5. The SMILES string of the molecule is Cc1cc(CN2CCN(c3ccc(F)cc3)CC2)c(-c2ccccc2)n1N1C=CN=CC1. The first kappa shape index (κ1) is 20.5. The van der Waals surface area contributed by atoms with Crippen molar-refractivity contribution in [3.05, 3.63) is 90.1 Å². The van der Waals surface area contributed by atoms with E-state index in [1.54, 1.807) is 12.1 Å². The normalized spacial score (nSPS) is 16.7. The lowest BCUT2D eigenvalue weighted by Crippen LogP contribution is -2.46. The molecule has 0 aliphatic carbocycles. The van der Waals surface area contributed by atoms with Gasteiger partial charge in [-0.05, 0) is 42.8 Å². The molecule has 0 spiro atoms.